The molecule has 0 spiro atoms. The van der Waals surface area contributed by atoms with Gasteiger partial charge in [-0.25, -0.2) is 0 Å². The molecule has 2 saturated carbocycles. The van der Waals surface area contributed by atoms with E-state index < -0.39 is 0 Å². The number of nitrogens with one attached hydrogen (secondary N) is 1. The van der Waals surface area contributed by atoms with E-state index in [1.807, 2.05) is 5.57 Å². The molecule has 5 aliphatic rings. The lowest BCUT2D eigenvalue weighted by atomic mass is 9.51. The number of aliphatic hydroxyl groups excluding tert-OH is 1. The molecule has 2 nitrogen and oxygen atoms in total. The average molecular weight is 398 g/mol. The molecule has 0 bridgehead atoms. The van der Waals surface area contributed by atoms with Crippen LogP contribution in [0.15, 0.2) is 23.3 Å². The van der Waals surface area contributed by atoms with Crippen molar-refractivity contribution in [3.8, 4) is 0 Å². The van der Waals surface area contributed by atoms with Gasteiger partial charge in [0.2, 0.25) is 0 Å². The van der Waals surface area contributed by atoms with Crippen molar-refractivity contribution < 1.29 is 5.11 Å². The van der Waals surface area contributed by atoms with E-state index >= 15 is 0 Å². The zero-order valence-electron chi connectivity index (χ0n) is 19.2. The summed E-state index contributed by atoms with van der Waals surface area (Å²) in [6.45, 7) is 11.3. The molecule has 4 aliphatic carbocycles. The molecule has 0 aromatic carbocycles. The Labute approximate surface area is 178 Å². The molecular formula is C27H43NO. The highest BCUT2D eigenvalue weighted by atomic mass is 16.3. The lowest BCUT2D eigenvalue weighted by Gasteiger charge is -2.54. The number of fused-ring (bicyclic) bond motifs is 5. The fraction of sp³-hybridized carbons (Fsp3) is 0.852. The topological polar surface area (TPSA) is 32.3 Å². The van der Waals surface area contributed by atoms with Gasteiger partial charge < -0.3 is 10.4 Å². The highest BCUT2D eigenvalue weighted by Crippen LogP contribution is 2.64. The quantitative estimate of drug-likeness (QED) is 0.571. The van der Waals surface area contributed by atoms with Crippen LogP contribution >= 0.6 is 0 Å². The van der Waals surface area contributed by atoms with Gasteiger partial charge in [-0.15, -0.1) is 0 Å². The third-order valence-corrected chi connectivity index (χ3v) is 10.6. The molecule has 3 fully saturated rings. The Hall–Kier alpha value is -0.600. The van der Waals surface area contributed by atoms with Crippen LogP contribution in [-0.4, -0.2) is 23.8 Å². The molecule has 2 N–H and O–H groups in total. The van der Waals surface area contributed by atoms with Crippen molar-refractivity contribution in [2.45, 2.75) is 97.6 Å². The van der Waals surface area contributed by atoms with Gasteiger partial charge in [0.25, 0.3) is 0 Å². The summed E-state index contributed by atoms with van der Waals surface area (Å²) < 4.78 is 0. The Morgan fingerprint density at radius 1 is 1.07 bits per heavy atom. The second kappa shape index (κ2) is 7.23. The van der Waals surface area contributed by atoms with Crippen molar-refractivity contribution >= 4 is 0 Å². The number of piperidine rings is 1. The summed E-state index contributed by atoms with van der Waals surface area (Å²) in [6.07, 6.45) is 16.4. The molecule has 0 aromatic rings. The van der Waals surface area contributed by atoms with E-state index in [1.54, 1.807) is 5.57 Å². The third kappa shape index (κ3) is 3.11. The van der Waals surface area contributed by atoms with E-state index in [4.69, 9.17) is 0 Å². The highest BCUT2D eigenvalue weighted by molar-refractivity contribution is 5.33. The SMILES string of the molecule is C[C@H]1CC[C@H]([C@@H](C)[C@@]2(C)CC[C@@H]3C2=CC[C@H]2[C@H]3CC=C3C[C@@H](O)CC[C@@]32C)NC1. The molecule has 0 radical (unpaired) electrons. The summed E-state index contributed by atoms with van der Waals surface area (Å²) in [4.78, 5) is 0. The van der Waals surface area contributed by atoms with Crippen LogP contribution in [0.25, 0.3) is 0 Å². The monoisotopic (exact) mass is 397 g/mol. The normalized spacial score (nSPS) is 50.7. The maximum Gasteiger partial charge on any atom is 0.0577 e. The summed E-state index contributed by atoms with van der Waals surface area (Å²) in [7, 11) is 0. The van der Waals surface area contributed by atoms with E-state index in [0.717, 1.165) is 42.4 Å². The maximum atomic E-state index is 10.2. The van der Waals surface area contributed by atoms with Gasteiger partial charge in [-0.1, -0.05) is 51.0 Å². The Kier molecular flexibility index (Phi) is 5.06. The summed E-state index contributed by atoms with van der Waals surface area (Å²) in [5.41, 5.74) is 4.16. The molecule has 0 aromatic heterocycles. The fourth-order valence-corrected chi connectivity index (χ4v) is 8.39. The van der Waals surface area contributed by atoms with Gasteiger partial charge in [0.15, 0.2) is 0 Å². The van der Waals surface area contributed by atoms with Crippen LogP contribution < -0.4 is 5.32 Å². The zero-order valence-corrected chi connectivity index (χ0v) is 19.2. The maximum absolute atomic E-state index is 10.2. The van der Waals surface area contributed by atoms with Crippen LogP contribution in [0.5, 0.6) is 0 Å². The van der Waals surface area contributed by atoms with Gasteiger partial charge in [0.05, 0.1) is 6.10 Å². The van der Waals surface area contributed by atoms with Gasteiger partial charge >= 0.3 is 0 Å². The molecule has 2 heteroatoms. The van der Waals surface area contributed by atoms with Crippen molar-refractivity contribution in [3.63, 3.8) is 0 Å². The van der Waals surface area contributed by atoms with Crippen LogP contribution in [0, 0.1) is 40.4 Å². The second-order valence-electron chi connectivity index (χ2n) is 12.0. The minimum atomic E-state index is -0.0955. The molecule has 1 heterocycles. The first-order valence-corrected chi connectivity index (χ1v) is 12.6. The third-order valence-electron chi connectivity index (χ3n) is 10.6. The predicted molar refractivity (Wildman–Crippen MR) is 121 cm³/mol. The predicted octanol–water partition coefficient (Wildman–Crippen LogP) is 5.87. The van der Waals surface area contributed by atoms with Gasteiger partial charge in [0.1, 0.15) is 0 Å². The van der Waals surface area contributed by atoms with E-state index in [-0.39, 0.29) is 6.10 Å². The molecular weight excluding hydrogens is 354 g/mol. The molecule has 1 aliphatic heterocycles. The standard InChI is InChI=1S/C27H43NO/c1-17-5-10-25(28-16-17)18(2)26(3)14-12-22-21-7-6-19-15-20(29)11-13-27(19,4)24(21)9-8-23(22)26/h6,8,17-18,20-22,24-25,28-29H,5,7,9-16H2,1-4H3/t17-,18+,20-,21-,22-,24-,25+,26+,27-/m0/s1. The van der Waals surface area contributed by atoms with E-state index in [1.165, 1.54) is 51.5 Å². The second-order valence-corrected chi connectivity index (χ2v) is 12.0. The smallest absolute Gasteiger partial charge is 0.0577 e. The van der Waals surface area contributed by atoms with E-state index in [0.29, 0.717) is 16.9 Å². The Morgan fingerprint density at radius 3 is 2.66 bits per heavy atom. The fourth-order valence-electron chi connectivity index (χ4n) is 8.39. The average Bonchev–Trinajstić information content (AvgIpc) is 3.07. The molecule has 5 rings (SSSR count). The molecule has 162 valence electrons. The number of hydrogen-bond acceptors (Lipinski definition) is 2. The molecule has 29 heavy (non-hydrogen) atoms. The van der Waals surface area contributed by atoms with Crippen molar-refractivity contribution in [1.29, 1.82) is 0 Å². The Balaban J connectivity index is 1.39. The summed E-state index contributed by atoms with van der Waals surface area (Å²) in [5.74, 6) is 4.03. The number of hydrogen-bond donors (Lipinski definition) is 2. The van der Waals surface area contributed by atoms with Crippen molar-refractivity contribution in [2.24, 2.45) is 40.4 Å². The first-order chi connectivity index (χ1) is 13.8. The lowest BCUT2D eigenvalue weighted by Crippen LogP contribution is -2.48. The van der Waals surface area contributed by atoms with E-state index in [9.17, 15) is 5.11 Å². The van der Waals surface area contributed by atoms with Crippen LogP contribution in [0.4, 0.5) is 0 Å². The van der Waals surface area contributed by atoms with Gasteiger partial charge in [-0.2, -0.15) is 0 Å². The first kappa shape index (κ1) is 20.3. The largest absolute Gasteiger partial charge is 0.393 e. The first-order valence-electron chi connectivity index (χ1n) is 12.6. The van der Waals surface area contributed by atoms with Gasteiger partial charge in [-0.3, -0.25) is 0 Å². The number of aliphatic hydroxyl groups is 1. The Bertz CT molecular complexity index is 701. The van der Waals surface area contributed by atoms with Gasteiger partial charge in [0, 0.05) is 6.04 Å². The van der Waals surface area contributed by atoms with Crippen molar-refractivity contribution in [2.75, 3.05) is 6.54 Å². The highest BCUT2D eigenvalue weighted by Gasteiger charge is 2.55. The zero-order chi connectivity index (χ0) is 20.4. The van der Waals surface area contributed by atoms with Crippen LogP contribution in [-0.2, 0) is 0 Å². The summed E-state index contributed by atoms with van der Waals surface area (Å²) in [6, 6.07) is 0.698. The molecule has 0 amide bonds. The molecule has 0 unspecified atom stereocenters. The van der Waals surface area contributed by atoms with Crippen LogP contribution in [0.3, 0.4) is 0 Å². The minimum Gasteiger partial charge on any atom is -0.393 e. The lowest BCUT2D eigenvalue weighted by molar-refractivity contribution is 0.0347. The summed E-state index contributed by atoms with van der Waals surface area (Å²) in [5, 5.41) is 14.1. The summed E-state index contributed by atoms with van der Waals surface area (Å²) >= 11 is 0. The van der Waals surface area contributed by atoms with Crippen molar-refractivity contribution in [3.05, 3.63) is 23.3 Å². The minimum absolute atomic E-state index is 0.0955. The Morgan fingerprint density at radius 2 is 1.90 bits per heavy atom. The van der Waals surface area contributed by atoms with Crippen molar-refractivity contribution in [1.82, 2.24) is 5.32 Å². The van der Waals surface area contributed by atoms with Gasteiger partial charge in [-0.05, 0) is 105 Å². The van der Waals surface area contributed by atoms with Crippen LogP contribution in [0.1, 0.15) is 85.5 Å². The number of rotatable bonds is 2. The molecule has 1 saturated heterocycles. The molecule has 9 atom stereocenters. The van der Waals surface area contributed by atoms with Crippen LogP contribution in [0.2, 0.25) is 0 Å². The van der Waals surface area contributed by atoms with E-state index in [2.05, 4.69) is 45.2 Å². The number of allylic oxidation sites excluding steroid dienone is 3.